The molecule has 0 radical (unpaired) electrons. The topological polar surface area (TPSA) is 86.6 Å². The van der Waals surface area contributed by atoms with Gasteiger partial charge in [0.05, 0.1) is 0 Å². The zero-order valence-corrected chi connectivity index (χ0v) is 6.37. The van der Waals surface area contributed by atoms with Crippen molar-refractivity contribution in [3.63, 3.8) is 0 Å². The van der Waals surface area contributed by atoms with Gasteiger partial charge in [0, 0.05) is 0 Å². The summed E-state index contributed by atoms with van der Waals surface area (Å²) in [7, 11) is 0. The average Bonchev–Trinajstić information content (AvgIpc) is 1.87. The van der Waals surface area contributed by atoms with Crippen molar-refractivity contribution in [3.8, 4) is 0 Å². The summed E-state index contributed by atoms with van der Waals surface area (Å²) in [6.07, 6.45) is 0. The van der Waals surface area contributed by atoms with E-state index in [1.54, 1.807) is 0 Å². The maximum atomic E-state index is 10.2. The van der Waals surface area contributed by atoms with Crippen LogP contribution in [-0.2, 0) is 9.59 Å². The van der Waals surface area contributed by atoms with E-state index < -0.39 is 24.0 Å². The van der Waals surface area contributed by atoms with E-state index in [-0.39, 0.29) is 0 Å². The summed E-state index contributed by atoms with van der Waals surface area (Å²) in [5, 5.41) is 19.1. The number of hydrogen-bond donors (Lipinski definition) is 3. The summed E-state index contributed by atoms with van der Waals surface area (Å²) >= 11 is 0. The van der Waals surface area contributed by atoms with Crippen LogP contribution in [0.4, 0.5) is 0 Å². The molecular weight excluding hydrogens is 150 g/mol. The Morgan fingerprint density at radius 2 is 1.36 bits per heavy atom. The van der Waals surface area contributed by atoms with Crippen LogP contribution in [0.3, 0.4) is 0 Å². The Morgan fingerprint density at radius 1 is 1.09 bits per heavy atom. The number of rotatable bonds is 4. The zero-order valence-electron chi connectivity index (χ0n) is 6.37. The van der Waals surface area contributed by atoms with Gasteiger partial charge >= 0.3 is 11.9 Å². The molecule has 0 saturated heterocycles. The van der Waals surface area contributed by atoms with E-state index >= 15 is 0 Å². The third-order valence-corrected chi connectivity index (χ3v) is 1.24. The normalized spacial score (nSPS) is 15.5. The fourth-order valence-electron chi connectivity index (χ4n) is 0.518. The number of nitrogens with one attached hydrogen (secondary N) is 1. The van der Waals surface area contributed by atoms with E-state index in [2.05, 4.69) is 5.32 Å². The van der Waals surface area contributed by atoms with Crippen LogP contribution in [0.5, 0.6) is 0 Å². The minimum Gasteiger partial charge on any atom is -0.480 e. The molecule has 2 atom stereocenters. The summed E-state index contributed by atoms with van der Waals surface area (Å²) in [5.41, 5.74) is 0. The smallest absolute Gasteiger partial charge is 0.320 e. The Kier molecular flexibility index (Phi) is 3.53. The molecule has 0 fully saturated rings. The van der Waals surface area contributed by atoms with Crippen LogP contribution < -0.4 is 5.32 Å². The lowest BCUT2D eigenvalue weighted by atomic mass is 10.2. The van der Waals surface area contributed by atoms with Gasteiger partial charge in [0.25, 0.3) is 0 Å². The Morgan fingerprint density at radius 3 is 1.55 bits per heavy atom. The fraction of sp³-hybridized carbons (Fsp3) is 0.667. The van der Waals surface area contributed by atoms with Crippen LogP contribution in [0.2, 0.25) is 0 Å². The minimum absolute atomic E-state index is 0.832. The summed E-state index contributed by atoms with van der Waals surface area (Å²) < 4.78 is 0. The highest BCUT2D eigenvalue weighted by Crippen LogP contribution is 1.87. The third kappa shape index (κ3) is 3.57. The summed E-state index contributed by atoms with van der Waals surface area (Å²) in [6, 6.07) is -1.66. The van der Waals surface area contributed by atoms with Crippen molar-refractivity contribution < 1.29 is 19.8 Å². The molecule has 0 saturated carbocycles. The number of carboxylic acid groups (broad SMARTS) is 2. The van der Waals surface area contributed by atoms with Crippen molar-refractivity contribution in [1.82, 2.24) is 5.32 Å². The second-order valence-electron chi connectivity index (χ2n) is 2.29. The highest BCUT2D eigenvalue weighted by Gasteiger charge is 2.17. The van der Waals surface area contributed by atoms with Gasteiger partial charge in [0.15, 0.2) is 0 Å². The molecule has 0 aromatic carbocycles. The van der Waals surface area contributed by atoms with E-state index in [1.165, 1.54) is 13.8 Å². The minimum atomic E-state index is -1.06. The largest absolute Gasteiger partial charge is 0.480 e. The maximum absolute atomic E-state index is 10.2. The highest BCUT2D eigenvalue weighted by atomic mass is 16.4. The fourth-order valence-corrected chi connectivity index (χ4v) is 0.518. The van der Waals surface area contributed by atoms with Crippen molar-refractivity contribution in [2.75, 3.05) is 0 Å². The van der Waals surface area contributed by atoms with Crippen LogP contribution in [0.1, 0.15) is 13.8 Å². The van der Waals surface area contributed by atoms with Gasteiger partial charge in [-0.05, 0) is 13.8 Å². The predicted molar refractivity (Wildman–Crippen MR) is 37.3 cm³/mol. The van der Waals surface area contributed by atoms with E-state index in [0.29, 0.717) is 0 Å². The van der Waals surface area contributed by atoms with Crippen molar-refractivity contribution in [1.29, 1.82) is 0 Å². The maximum Gasteiger partial charge on any atom is 0.320 e. The van der Waals surface area contributed by atoms with Gasteiger partial charge in [0.1, 0.15) is 12.1 Å². The number of aliphatic carboxylic acids is 2. The molecule has 3 N–H and O–H groups in total. The average molecular weight is 161 g/mol. The van der Waals surface area contributed by atoms with E-state index in [1.807, 2.05) is 0 Å². The van der Waals surface area contributed by atoms with Crippen LogP contribution in [0.25, 0.3) is 0 Å². The third-order valence-electron chi connectivity index (χ3n) is 1.24. The Labute approximate surface area is 64.0 Å². The predicted octanol–water partition coefficient (Wildman–Crippen LogP) is -0.478. The number of carboxylic acids is 2. The van der Waals surface area contributed by atoms with Crippen LogP contribution in [-0.4, -0.2) is 34.2 Å². The molecule has 0 aliphatic heterocycles. The molecule has 5 nitrogen and oxygen atoms in total. The first kappa shape index (κ1) is 9.90. The first-order valence-electron chi connectivity index (χ1n) is 3.16. The van der Waals surface area contributed by atoms with Gasteiger partial charge in [-0.1, -0.05) is 0 Å². The Hall–Kier alpha value is -1.10. The molecule has 0 aliphatic carbocycles. The summed E-state index contributed by atoms with van der Waals surface area (Å²) in [5.74, 6) is -2.11. The molecule has 11 heavy (non-hydrogen) atoms. The van der Waals surface area contributed by atoms with Gasteiger partial charge in [0.2, 0.25) is 0 Å². The summed E-state index contributed by atoms with van der Waals surface area (Å²) in [4.78, 5) is 20.4. The van der Waals surface area contributed by atoms with E-state index in [0.717, 1.165) is 0 Å². The molecule has 0 aromatic rings. The van der Waals surface area contributed by atoms with Gasteiger partial charge in [-0.2, -0.15) is 0 Å². The Bertz CT molecular complexity index is 150. The number of carbonyl (C=O) groups is 2. The van der Waals surface area contributed by atoms with Gasteiger partial charge in [-0.3, -0.25) is 14.9 Å². The molecule has 5 heteroatoms. The standard InChI is InChI=1S/C6H11NO4/c1-3(5(8)9)7-4(2)6(10)11/h3-4,7H,1-2H3,(H,8,9)(H,10,11). The SMILES string of the molecule is CC(NC(C)C(=O)O)C(=O)O. The van der Waals surface area contributed by atoms with Crippen LogP contribution in [0, 0.1) is 0 Å². The van der Waals surface area contributed by atoms with Crippen LogP contribution >= 0.6 is 0 Å². The zero-order chi connectivity index (χ0) is 9.02. The summed E-state index contributed by atoms with van der Waals surface area (Å²) in [6.45, 7) is 2.78. The lowest BCUT2D eigenvalue weighted by molar-refractivity contribution is -0.141. The van der Waals surface area contributed by atoms with Crippen LogP contribution in [0.15, 0.2) is 0 Å². The van der Waals surface area contributed by atoms with Crippen molar-refractivity contribution >= 4 is 11.9 Å². The quantitative estimate of drug-likeness (QED) is 0.518. The van der Waals surface area contributed by atoms with Gasteiger partial charge in [-0.15, -0.1) is 0 Å². The van der Waals surface area contributed by atoms with Crippen molar-refractivity contribution in [3.05, 3.63) is 0 Å². The number of hydrogen-bond acceptors (Lipinski definition) is 3. The Balaban J connectivity index is 3.84. The van der Waals surface area contributed by atoms with E-state index in [9.17, 15) is 9.59 Å². The molecule has 0 spiro atoms. The molecule has 0 rings (SSSR count). The second kappa shape index (κ2) is 3.92. The van der Waals surface area contributed by atoms with Crippen molar-refractivity contribution in [2.24, 2.45) is 0 Å². The second-order valence-corrected chi connectivity index (χ2v) is 2.29. The van der Waals surface area contributed by atoms with Gasteiger partial charge < -0.3 is 10.2 Å². The van der Waals surface area contributed by atoms with Gasteiger partial charge in [-0.25, -0.2) is 0 Å². The molecule has 2 unspecified atom stereocenters. The monoisotopic (exact) mass is 161 g/mol. The first-order valence-corrected chi connectivity index (χ1v) is 3.16. The first-order chi connectivity index (χ1) is 4.95. The molecule has 64 valence electrons. The van der Waals surface area contributed by atoms with Crippen molar-refractivity contribution in [2.45, 2.75) is 25.9 Å². The molecular formula is C6H11NO4. The highest BCUT2D eigenvalue weighted by molar-refractivity contribution is 5.76. The molecule has 0 aliphatic rings. The lowest BCUT2D eigenvalue weighted by Crippen LogP contribution is -2.43. The van der Waals surface area contributed by atoms with E-state index in [4.69, 9.17) is 10.2 Å². The molecule has 0 heterocycles. The molecule has 0 aromatic heterocycles. The lowest BCUT2D eigenvalue weighted by Gasteiger charge is -2.12. The molecule has 0 amide bonds. The molecule has 0 bridgehead atoms.